The second-order valence-corrected chi connectivity index (χ2v) is 5.56. The average Bonchev–Trinajstić information content (AvgIpc) is 2.57. The van der Waals surface area contributed by atoms with Crippen molar-refractivity contribution >= 4 is 23.5 Å². The Balaban J connectivity index is 3.16. The zero-order chi connectivity index (χ0) is 19.1. The number of likely N-dealkylation sites (N-methyl/N-ethyl adjacent to an activating group) is 1. The summed E-state index contributed by atoms with van der Waals surface area (Å²) in [5.41, 5.74) is -0.578. The van der Waals surface area contributed by atoms with Gasteiger partial charge in [0.05, 0.1) is 24.1 Å². The highest BCUT2D eigenvalue weighted by atomic mass is 16.6. The van der Waals surface area contributed by atoms with Crippen LogP contribution in [0.2, 0.25) is 0 Å². The molecule has 25 heavy (non-hydrogen) atoms. The van der Waals surface area contributed by atoms with Crippen LogP contribution in [0.1, 0.15) is 41.5 Å². The number of esters is 1. The summed E-state index contributed by atoms with van der Waals surface area (Å²) >= 11 is 0. The number of benzene rings is 1. The van der Waals surface area contributed by atoms with Gasteiger partial charge in [-0.1, -0.05) is 0 Å². The van der Waals surface area contributed by atoms with Crippen molar-refractivity contribution in [3.63, 3.8) is 0 Å². The molecule has 9 heteroatoms. The van der Waals surface area contributed by atoms with E-state index in [4.69, 9.17) is 0 Å². The molecule has 0 spiro atoms. The number of nitrogens with one attached hydrogen (secondary N) is 1. The molecule has 0 bridgehead atoms. The van der Waals surface area contributed by atoms with Gasteiger partial charge in [0.2, 0.25) is 5.91 Å². The normalized spacial score (nSPS) is 10.3. The van der Waals surface area contributed by atoms with Crippen molar-refractivity contribution in [1.82, 2.24) is 10.2 Å². The van der Waals surface area contributed by atoms with Gasteiger partial charge in [-0.05, 0) is 26.8 Å². The van der Waals surface area contributed by atoms with Crippen molar-refractivity contribution in [1.29, 1.82) is 0 Å². The summed E-state index contributed by atoms with van der Waals surface area (Å²) in [5, 5.41) is 13.7. The fourth-order valence-corrected chi connectivity index (χ4v) is 2.13. The van der Waals surface area contributed by atoms with Crippen LogP contribution in [0.15, 0.2) is 18.2 Å². The lowest BCUT2D eigenvalue weighted by molar-refractivity contribution is -0.384. The molecule has 0 heterocycles. The Morgan fingerprint density at radius 3 is 2.32 bits per heavy atom. The van der Waals surface area contributed by atoms with Crippen LogP contribution >= 0.6 is 0 Å². The van der Waals surface area contributed by atoms with Crippen molar-refractivity contribution in [3.05, 3.63) is 39.4 Å². The van der Waals surface area contributed by atoms with Gasteiger partial charge < -0.3 is 15.0 Å². The lowest BCUT2D eigenvalue weighted by atomic mass is 10.1. The second-order valence-electron chi connectivity index (χ2n) is 5.56. The molecule has 0 saturated carbocycles. The van der Waals surface area contributed by atoms with Gasteiger partial charge in [0.25, 0.3) is 11.6 Å². The minimum atomic E-state index is -0.793. The number of nitro benzene ring substituents is 1. The van der Waals surface area contributed by atoms with Crippen molar-refractivity contribution in [2.24, 2.45) is 0 Å². The summed E-state index contributed by atoms with van der Waals surface area (Å²) < 4.78 is 4.55. The van der Waals surface area contributed by atoms with Gasteiger partial charge in [-0.15, -0.1) is 0 Å². The molecule has 1 aromatic rings. The number of non-ortho nitro benzene ring substituents is 1. The van der Waals surface area contributed by atoms with E-state index in [1.165, 1.54) is 11.0 Å². The average molecular weight is 351 g/mol. The highest BCUT2D eigenvalue weighted by Gasteiger charge is 2.22. The topological polar surface area (TPSA) is 119 Å². The Labute approximate surface area is 145 Å². The van der Waals surface area contributed by atoms with Gasteiger partial charge in [0.1, 0.15) is 0 Å². The smallest absolute Gasteiger partial charge is 0.338 e. The maximum atomic E-state index is 12.6. The largest absolute Gasteiger partial charge is 0.465 e. The summed E-state index contributed by atoms with van der Waals surface area (Å²) in [7, 11) is 1.14. The molecule has 0 aliphatic carbocycles. The Hall–Kier alpha value is -2.97. The number of amides is 2. The molecule has 0 fully saturated rings. The Kier molecular flexibility index (Phi) is 7.04. The lowest BCUT2D eigenvalue weighted by Gasteiger charge is -2.21. The SMILES string of the molecule is CCN(CC(=O)NC(C)C)C(=O)c1cc(C(=O)OC)cc([N+](=O)[O-])c1. The molecule has 0 radical (unpaired) electrons. The van der Waals surface area contributed by atoms with Crippen molar-refractivity contribution in [2.45, 2.75) is 26.8 Å². The van der Waals surface area contributed by atoms with Gasteiger partial charge in [-0.2, -0.15) is 0 Å². The first kappa shape index (κ1) is 20.1. The van der Waals surface area contributed by atoms with Gasteiger partial charge in [-0.25, -0.2) is 4.79 Å². The third-order valence-corrected chi connectivity index (χ3v) is 3.25. The van der Waals surface area contributed by atoms with E-state index in [9.17, 15) is 24.5 Å². The van der Waals surface area contributed by atoms with Crippen LogP contribution in [0.25, 0.3) is 0 Å². The molecule has 0 aromatic heterocycles. The van der Waals surface area contributed by atoms with E-state index in [2.05, 4.69) is 10.1 Å². The fourth-order valence-electron chi connectivity index (χ4n) is 2.13. The first-order valence-electron chi connectivity index (χ1n) is 7.66. The molecule has 1 aromatic carbocycles. The lowest BCUT2D eigenvalue weighted by Crippen LogP contribution is -2.42. The quantitative estimate of drug-likeness (QED) is 0.450. The number of ether oxygens (including phenoxy) is 1. The number of nitro groups is 1. The third-order valence-electron chi connectivity index (χ3n) is 3.25. The first-order valence-corrected chi connectivity index (χ1v) is 7.66. The van der Waals surface area contributed by atoms with Crippen LogP contribution in [-0.2, 0) is 9.53 Å². The van der Waals surface area contributed by atoms with Gasteiger partial charge >= 0.3 is 5.97 Å². The van der Waals surface area contributed by atoms with Crippen LogP contribution in [-0.4, -0.2) is 53.8 Å². The summed E-state index contributed by atoms with van der Waals surface area (Å²) in [6.45, 7) is 5.29. The van der Waals surface area contributed by atoms with E-state index in [0.29, 0.717) is 0 Å². The monoisotopic (exact) mass is 351 g/mol. The van der Waals surface area contributed by atoms with Crippen LogP contribution in [0, 0.1) is 10.1 Å². The van der Waals surface area contributed by atoms with E-state index < -0.39 is 22.5 Å². The van der Waals surface area contributed by atoms with Crippen LogP contribution < -0.4 is 5.32 Å². The first-order chi connectivity index (χ1) is 11.7. The second kappa shape index (κ2) is 8.76. The Morgan fingerprint density at radius 1 is 1.24 bits per heavy atom. The molecule has 0 aliphatic heterocycles. The molecule has 0 saturated heterocycles. The molecule has 0 unspecified atom stereocenters. The zero-order valence-electron chi connectivity index (χ0n) is 14.6. The van der Waals surface area contributed by atoms with E-state index in [-0.39, 0.29) is 36.2 Å². The molecule has 2 amide bonds. The number of nitrogens with zero attached hydrogens (tertiary/aromatic N) is 2. The predicted molar refractivity (Wildman–Crippen MR) is 89.3 cm³/mol. The maximum absolute atomic E-state index is 12.6. The highest BCUT2D eigenvalue weighted by Crippen LogP contribution is 2.19. The van der Waals surface area contributed by atoms with E-state index in [1.54, 1.807) is 20.8 Å². The number of hydrogen-bond donors (Lipinski definition) is 1. The third kappa shape index (κ3) is 5.55. The fraction of sp³-hybridized carbons (Fsp3) is 0.438. The van der Waals surface area contributed by atoms with Gasteiger partial charge in [0, 0.05) is 30.3 Å². The Bertz CT molecular complexity index is 686. The molecular weight excluding hydrogens is 330 g/mol. The van der Waals surface area contributed by atoms with Crippen LogP contribution in [0.5, 0.6) is 0 Å². The van der Waals surface area contributed by atoms with E-state index in [0.717, 1.165) is 19.2 Å². The zero-order valence-corrected chi connectivity index (χ0v) is 14.6. The van der Waals surface area contributed by atoms with Gasteiger partial charge in [-0.3, -0.25) is 19.7 Å². The Morgan fingerprint density at radius 2 is 1.84 bits per heavy atom. The molecule has 136 valence electrons. The number of hydrogen-bond acceptors (Lipinski definition) is 6. The molecule has 0 atom stereocenters. The molecule has 1 rings (SSSR count). The molecular formula is C16H21N3O6. The maximum Gasteiger partial charge on any atom is 0.338 e. The summed E-state index contributed by atoms with van der Waals surface area (Å²) in [6.07, 6.45) is 0. The standard InChI is InChI=1S/C16H21N3O6/c1-5-18(9-14(20)17-10(2)3)15(21)11-6-12(16(22)25-4)8-13(7-11)19(23)24/h6-8,10H,5,9H2,1-4H3,(H,17,20). The minimum absolute atomic E-state index is 0.0613. The number of carbonyl (C=O) groups excluding carboxylic acids is 3. The minimum Gasteiger partial charge on any atom is -0.465 e. The van der Waals surface area contributed by atoms with Crippen molar-refractivity contribution in [2.75, 3.05) is 20.2 Å². The molecule has 0 aliphatic rings. The molecule has 9 nitrogen and oxygen atoms in total. The highest BCUT2D eigenvalue weighted by molar-refractivity contribution is 6.00. The van der Waals surface area contributed by atoms with Crippen molar-refractivity contribution in [3.8, 4) is 0 Å². The summed E-state index contributed by atoms with van der Waals surface area (Å²) in [4.78, 5) is 47.7. The number of carbonyl (C=O) groups is 3. The number of methoxy groups -OCH3 is 1. The molecule has 1 N–H and O–H groups in total. The summed E-state index contributed by atoms with van der Waals surface area (Å²) in [5.74, 6) is -1.72. The van der Waals surface area contributed by atoms with E-state index >= 15 is 0 Å². The number of rotatable bonds is 7. The van der Waals surface area contributed by atoms with E-state index in [1.807, 2.05) is 0 Å². The summed E-state index contributed by atoms with van der Waals surface area (Å²) in [6, 6.07) is 3.23. The predicted octanol–water partition coefficient (Wildman–Crippen LogP) is 1.37. The van der Waals surface area contributed by atoms with Crippen LogP contribution in [0.4, 0.5) is 5.69 Å². The van der Waals surface area contributed by atoms with Gasteiger partial charge in [0.15, 0.2) is 0 Å². The van der Waals surface area contributed by atoms with Crippen LogP contribution in [0.3, 0.4) is 0 Å². The van der Waals surface area contributed by atoms with Crippen molar-refractivity contribution < 1.29 is 24.0 Å².